The Bertz CT molecular complexity index is 953. The number of piperidine rings is 1. The van der Waals surface area contributed by atoms with E-state index in [1.165, 1.54) is 11.6 Å². The maximum atomic E-state index is 12.6. The average Bonchev–Trinajstić information content (AvgIpc) is 3.30. The minimum Gasteiger partial charge on any atom is -0.452 e. The maximum Gasteiger partial charge on any atom is 0.307 e. The third-order valence-corrected chi connectivity index (χ3v) is 8.19. The molecule has 2 aromatic rings. The molecular weight excluding hydrogens is 436 g/mol. The summed E-state index contributed by atoms with van der Waals surface area (Å²) in [5.41, 5.74) is 1.31. The normalized spacial score (nSPS) is 16.1. The molecule has 1 aromatic heterocycles. The minimum atomic E-state index is -3.62. The summed E-state index contributed by atoms with van der Waals surface area (Å²) < 4.78 is 31.9. The summed E-state index contributed by atoms with van der Waals surface area (Å²) in [6.07, 6.45) is 1.83. The van der Waals surface area contributed by atoms with Crippen LogP contribution in [0.5, 0.6) is 0 Å². The van der Waals surface area contributed by atoms with Crippen molar-refractivity contribution in [1.29, 1.82) is 0 Å². The molecule has 1 aromatic carbocycles. The van der Waals surface area contributed by atoms with Crippen LogP contribution in [0.1, 0.15) is 31.7 Å². The summed E-state index contributed by atoms with van der Waals surface area (Å²) in [6.45, 7) is 2.79. The molecular formula is C22H28N2O5S2. The summed E-state index contributed by atoms with van der Waals surface area (Å²) in [6, 6.07) is 13.5. The minimum absolute atomic E-state index is 0.0785. The molecule has 1 N–H and O–H groups in total. The van der Waals surface area contributed by atoms with Crippen LogP contribution in [0.3, 0.4) is 0 Å². The van der Waals surface area contributed by atoms with E-state index in [0.29, 0.717) is 19.0 Å². The lowest BCUT2D eigenvalue weighted by molar-refractivity contribution is -0.159. The quantitative estimate of drug-likeness (QED) is 0.576. The van der Waals surface area contributed by atoms with Crippen LogP contribution in [-0.4, -0.2) is 50.9 Å². The highest BCUT2D eigenvalue weighted by Gasteiger charge is 2.28. The molecule has 1 aliphatic heterocycles. The fourth-order valence-electron chi connectivity index (χ4n) is 3.64. The van der Waals surface area contributed by atoms with Gasteiger partial charge in [0.1, 0.15) is 4.21 Å². The Balaban J connectivity index is 1.37. The van der Waals surface area contributed by atoms with Crippen molar-refractivity contribution in [1.82, 2.24) is 9.62 Å². The number of benzene rings is 1. The zero-order chi connectivity index (χ0) is 22.3. The van der Waals surface area contributed by atoms with E-state index in [1.54, 1.807) is 23.3 Å². The molecule has 2 heterocycles. The van der Waals surface area contributed by atoms with E-state index in [4.69, 9.17) is 4.74 Å². The van der Waals surface area contributed by atoms with Gasteiger partial charge in [-0.1, -0.05) is 36.4 Å². The van der Waals surface area contributed by atoms with E-state index >= 15 is 0 Å². The number of ether oxygens (including phenoxy) is 1. The number of amides is 1. The zero-order valence-electron chi connectivity index (χ0n) is 17.5. The first-order chi connectivity index (χ1) is 14.8. The van der Waals surface area contributed by atoms with Crippen LogP contribution in [0, 0.1) is 5.92 Å². The van der Waals surface area contributed by atoms with Gasteiger partial charge in [-0.05, 0) is 49.1 Å². The van der Waals surface area contributed by atoms with Gasteiger partial charge in [0, 0.05) is 19.6 Å². The molecule has 0 saturated carbocycles. The van der Waals surface area contributed by atoms with Crippen molar-refractivity contribution in [3.05, 3.63) is 53.4 Å². The second-order valence-corrected chi connectivity index (χ2v) is 10.6. The van der Waals surface area contributed by atoms with E-state index in [0.717, 1.165) is 30.6 Å². The van der Waals surface area contributed by atoms with Gasteiger partial charge < -0.3 is 9.64 Å². The summed E-state index contributed by atoms with van der Waals surface area (Å²) in [5, 5.41) is 1.67. The largest absolute Gasteiger partial charge is 0.452 e. The van der Waals surface area contributed by atoms with Gasteiger partial charge in [-0.25, -0.2) is 13.1 Å². The van der Waals surface area contributed by atoms with Crippen LogP contribution in [0.2, 0.25) is 0 Å². The predicted molar refractivity (Wildman–Crippen MR) is 119 cm³/mol. The lowest BCUT2D eigenvalue weighted by Gasteiger charge is -2.33. The van der Waals surface area contributed by atoms with Crippen LogP contribution < -0.4 is 4.72 Å². The van der Waals surface area contributed by atoms with Gasteiger partial charge in [-0.15, -0.1) is 11.3 Å². The SMILES string of the molecule is CC(OC(=O)CCNS(=O)(=O)c1cccs1)C(=O)N1CCC(Cc2ccccc2)CC1. The molecule has 168 valence electrons. The smallest absolute Gasteiger partial charge is 0.307 e. The van der Waals surface area contributed by atoms with Crippen LogP contribution >= 0.6 is 11.3 Å². The Labute approximate surface area is 187 Å². The van der Waals surface area contributed by atoms with Crippen LogP contribution in [-0.2, 0) is 30.8 Å². The fourth-order valence-corrected chi connectivity index (χ4v) is 5.71. The van der Waals surface area contributed by atoms with Gasteiger partial charge in [0.25, 0.3) is 5.91 Å². The molecule has 0 spiro atoms. The van der Waals surface area contributed by atoms with E-state index in [9.17, 15) is 18.0 Å². The highest BCUT2D eigenvalue weighted by atomic mass is 32.2. The molecule has 1 fully saturated rings. The molecule has 1 unspecified atom stereocenters. The average molecular weight is 465 g/mol. The number of hydrogen-bond acceptors (Lipinski definition) is 6. The molecule has 1 saturated heterocycles. The van der Waals surface area contributed by atoms with Gasteiger partial charge in [0.15, 0.2) is 6.10 Å². The number of carbonyl (C=O) groups is 2. The molecule has 3 rings (SSSR count). The van der Waals surface area contributed by atoms with E-state index in [1.807, 2.05) is 18.2 Å². The number of nitrogens with one attached hydrogen (secondary N) is 1. The molecule has 1 amide bonds. The third-order valence-electron chi connectivity index (χ3n) is 5.33. The first kappa shape index (κ1) is 23.4. The third kappa shape index (κ3) is 6.88. The molecule has 1 aliphatic rings. The summed E-state index contributed by atoms with van der Waals surface area (Å²) >= 11 is 1.10. The van der Waals surface area contributed by atoms with Crippen molar-refractivity contribution in [2.24, 2.45) is 5.92 Å². The Kier molecular flexibility index (Phi) is 8.22. The highest BCUT2D eigenvalue weighted by molar-refractivity contribution is 7.91. The summed E-state index contributed by atoms with van der Waals surface area (Å²) in [4.78, 5) is 26.4. The standard InChI is InChI=1S/C22H28N2O5S2/c1-17(29-20(25)9-12-23-31(27,28)21-8-5-15-30-21)22(26)24-13-10-19(11-14-24)16-18-6-3-2-4-7-18/h2-8,15,17,19,23H,9-14,16H2,1H3. The topological polar surface area (TPSA) is 92.8 Å². The van der Waals surface area contributed by atoms with E-state index in [2.05, 4.69) is 16.9 Å². The molecule has 0 radical (unpaired) electrons. The second kappa shape index (κ2) is 10.9. The lowest BCUT2D eigenvalue weighted by Crippen LogP contribution is -2.44. The van der Waals surface area contributed by atoms with Crippen molar-refractivity contribution in [3.63, 3.8) is 0 Å². The van der Waals surface area contributed by atoms with Crippen molar-refractivity contribution < 1.29 is 22.7 Å². The van der Waals surface area contributed by atoms with Gasteiger partial charge in [-0.3, -0.25) is 9.59 Å². The number of carbonyl (C=O) groups excluding carboxylic acids is 2. The van der Waals surface area contributed by atoms with Gasteiger partial charge in [0.2, 0.25) is 10.0 Å². The predicted octanol–water partition coefficient (Wildman–Crippen LogP) is 2.83. The number of likely N-dealkylation sites (tertiary alicyclic amines) is 1. The number of sulfonamides is 1. The van der Waals surface area contributed by atoms with Crippen molar-refractivity contribution >= 4 is 33.2 Å². The second-order valence-electron chi connectivity index (χ2n) is 7.67. The Morgan fingerprint density at radius 1 is 1.16 bits per heavy atom. The maximum absolute atomic E-state index is 12.6. The Hall–Kier alpha value is -2.23. The molecule has 0 aliphatic carbocycles. The van der Waals surface area contributed by atoms with Crippen molar-refractivity contribution in [2.45, 2.75) is 42.9 Å². The van der Waals surface area contributed by atoms with E-state index < -0.39 is 22.1 Å². The number of thiophene rings is 1. The van der Waals surface area contributed by atoms with Crippen LogP contribution in [0.15, 0.2) is 52.1 Å². The molecule has 7 nitrogen and oxygen atoms in total. The Morgan fingerprint density at radius 2 is 1.87 bits per heavy atom. The highest BCUT2D eigenvalue weighted by Crippen LogP contribution is 2.22. The van der Waals surface area contributed by atoms with E-state index in [-0.39, 0.29) is 23.1 Å². The van der Waals surface area contributed by atoms with Crippen LogP contribution in [0.4, 0.5) is 0 Å². The number of rotatable bonds is 9. The molecule has 0 bridgehead atoms. The van der Waals surface area contributed by atoms with Crippen LogP contribution in [0.25, 0.3) is 0 Å². The van der Waals surface area contributed by atoms with Crippen molar-refractivity contribution in [2.75, 3.05) is 19.6 Å². The van der Waals surface area contributed by atoms with Gasteiger partial charge >= 0.3 is 5.97 Å². The summed E-state index contributed by atoms with van der Waals surface area (Å²) in [5.74, 6) is -0.264. The Morgan fingerprint density at radius 3 is 2.52 bits per heavy atom. The lowest BCUT2D eigenvalue weighted by atomic mass is 9.90. The molecule has 31 heavy (non-hydrogen) atoms. The first-order valence-electron chi connectivity index (χ1n) is 10.4. The van der Waals surface area contributed by atoms with Gasteiger partial charge in [0.05, 0.1) is 6.42 Å². The van der Waals surface area contributed by atoms with Crippen molar-refractivity contribution in [3.8, 4) is 0 Å². The number of esters is 1. The first-order valence-corrected chi connectivity index (χ1v) is 12.8. The summed E-state index contributed by atoms with van der Waals surface area (Å²) in [7, 11) is -3.62. The molecule has 9 heteroatoms. The number of hydrogen-bond donors (Lipinski definition) is 1. The monoisotopic (exact) mass is 464 g/mol. The van der Waals surface area contributed by atoms with Gasteiger partial charge in [-0.2, -0.15) is 0 Å². The fraction of sp³-hybridized carbons (Fsp3) is 0.455. The molecule has 1 atom stereocenters. The number of nitrogens with zero attached hydrogens (tertiary/aromatic N) is 1. The zero-order valence-corrected chi connectivity index (χ0v) is 19.2.